The fourth-order valence-corrected chi connectivity index (χ4v) is 4.49. The van der Waals surface area contributed by atoms with Crippen molar-refractivity contribution in [3.8, 4) is 5.75 Å². The van der Waals surface area contributed by atoms with Crippen molar-refractivity contribution in [3.63, 3.8) is 0 Å². The Kier molecular flexibility index (Phi) is 9.49. The molecule has 0 aromatic heterocycles. The van der Waals surface area contributed by atoms with E-state index in [-0.39, 0.29) is 12.5 Å². The van der Waals surface area contributed by atoms with Crippen LogP contribution in [0.15, 0.2) is 42.5 Å². The highest BCUT2D eigenvalue weighted by Gasteiger charge is 2.30. The Morgan fingerprint density at radius 2 is 1.74 bits per heavy atom. The molecule has 0 aliphatic carbocycles. The second-order valence-corrected chi connectivity index (χ2v) is 10.4. The summed E-state index contributed by atoms with van der Waals surface area (Å²) < 4.78 is 31.7. The van der Waals surface area contributed by atoms with Crippen LogP contribution in [-0.2, 0) is 26.2 Å². The smallest absolute Gasteiger partial charge is 0.244 e. The summed E-state index contributed by atoms with van der Waals surface area (Å²) in [5.74, 6) is -0.150. The summed E-state index contributed by atoms with van der Waals surface area (Å²) in [6.07, 6.45) is 1.83. The molecular formula is C25H35N3O5S. The summed E-state index contributed by atoms with van der Waals surface area (Å²) in [6, 6.07) is 11.8. The lowest BCUT2D eigenvalue weighted by Gasteiger charge is -2.31. The Morgan fingerprint density at radius 1 is 1.09 bits per heavy atom. The molecule has 0 unspecified atom stereocenters. The molecule has 8 nitrogen and oxygen atoms in total. The van der Waals surface area contributed by atoms with Crippen LogP contribution in [0.4, 0.5) is 5.69 Å². The molecule has 0 aliphatic heterocycles. The third kappa shape index (κ3) is 7.48. The molecule has 2 aromatic carbocycles. The van der Waals surface area contributed by atoms with E-state index in [0.717, 1.165) is 33.7 Å². The molecule has 2 aromatic rings. The van der Waals surface area contributed by atoms with Gasteiger partial charge in [0.2, 0.25) is 21.8 Å². The van der Waals surface area contributed by atoms with Crippen LogP contribution in [0.3, 0.4) is 0 Å². The average Bonchev–Trinajstić information content (AvgIpc) is 2.77. The highest BCUT2D eigenvalue weighted by atomic mass is 32.2. The number of methoxy groups -OCH3 is 1. The summed E-state index contributed by atoms with van der Waals surface area (Å²) in [5, 5.41) is 2.82. The van der Waals surface area contributed by atoms with Gasteiger partial charge in [-0.05, 0) is 68.1 Å². The van der Waals surface area contributed by atoms with Crippen LogP contribution in [0.1, 0.15) is 37.0 Å². The first-order valence-corrected chi connectivity index (χ1v) is 13.1. The van der Waals surface area contributed by atoms with Crippen LogP contribution in [0.5, 0.6) is 5.75 Å². The minimum atomic E-state index is -3.76. The van der Waals surface area contributed by atoms with Gasteiger partial charge in [0.05, 0.1) is 19.1 Å². The predicted molar refractivity (Wildman–Crippen MR) is 134 cm³/mol. The molecule has 0 spiro atoms. The second-order valence-electron chi connectivity index (χ2n) is 8.46. The van der Waals surface area contributed by atoms with E-state index < -0.39 is 28.5 Å². The monoisotopic (exact) mass is 489 g/mol. The number of sulfonamides is 1. The predicted octanol–water partition coefficient (Wildman–Crippen LogP) is 3.02. The minimum Gasteiger partial charge on any atom is -0.497 e. The fraction of sp³-hybridized carbons (Fsp3) is 0.440. The number of nitrogens with zero attached hydrogens (tertiary/aromatic N) is 2. The van der Waals surface area contributed by atoms with E-state index in [4.69, 9.17) is 4.74 Å². The largest absolute Gasteiger partial charge is 0.497 e. The number of carbonyl (C=O) groups is 2. The number of ether oxygens (including phenoxy) is 1. The van der Waals surface area contributed by atoms with Crippen LogP contribution in [0.2, 0.25) is 0 Å². The van der Waals surface area contributed by atoms with Gasteiger partial charge in [-0.1, -0.05) is 25.1 Å². The zero-order valence-electron chi connectivity index (χ0n) is 20.8. The van der Waals surface area contributed by atoms with Crippen molar-refractivity contribution in [2.24, 2.45) is 0 Å². The van der Waals surface area contributed by atoms with E-state index in [9.17, 15) is 18.0 Å². The lowest BCUT2D eigenvalue weighted by Crippen LogP contribution is -2.51. The van der Waals surface area contributed by atoms with Crippen molar-refractivity contribution in [2.75, 3.05) is 30.8 Å². The molecule has 186 valence electrons. The van der Waals surface area contributed by atoms with Crippen molar-refractivity contribution in [1.82, 2.24) is 10.2 Å². The average molecular weight is 490 g/mol. The Morgan fingerprint density at radius 3 is 2.29 bits per heavy atom. The van der Waals surface area contributed by atoms with Gasteiger partial charge < -0.3 is 15.0 Å². The summed E-state index contributed by atoms with van der Waals surface area (Å²) >= 11 is 0. The number of nitrogens with one attached hydrogen (secondary N) is 1. The van der Waals surface area contributed by atoms with E-state index in [1.807, 2.05) is 32.9 Å². The maximum absolute atomic E-state index is 13.5. The van der Waals surface area contributed by atoms with Crippen LogP contribution in [0.25, 0.3) is 0 Å². The Bertz CT molecular complexity index is 1100. The van der Waals surface area contributed by atoms with Gasteiger partial charge in [-0.2, -0.15) is 0 Å². The number of hydrogen-bond donors (Lipinski definition) is 1. The van der Waals surface area contributed by atoms with E-state index in [0.29, 0.717) is 18.0 Å². The highest BCUT2D eigenvalue weighted by Crippen LogP contribution is 2.22. The molecule has 2 rings (SSSR count). The fourth-order valence-electron chi connectivity index (χ4n) is 3.65. The van der Waals surface area contributed by atoms with Gasteiger partial charge in [0.25, 0.3) is 0 Å². The number of carbonyl (C=O) groups excluding carboxylic acids is 2. The third-order valence-corrected chi connectivity index (χ3v) is 6.52. The lowest BCUT2D eigenvalue weighted by atomic mass is 10.1. The number of aryl methyl sites for hydroxylation is 2. The van der Waals surface area contributed by atoms with Gasteiger partial charge in [-0.25, -0.2) is 8.42 Å². The van der Waals surface area contributed by atoms with E-state index in [1.165, 1.54) is 4.90 Å². The first-order chi connectivity index (χ1) is 16.0. The number of amides is 2. The molecule has 0 aliphatic rings. The number of rotatable bonds is 11. The SMILES string of the molecule is CCCNC(=O)[C@H](C)N(Cc1cccc(OC)c1)C(=O)CN(c1cc(C)cc(C)c1)S(C)(=O)=O. The van der Waals surface area contributed by atoms with Crippen LogP contribution >= 0.6 is 0 Å². The topological polar surface area (TPSA) is 96.0 Å². The van der Waals surface area contributed by atoms with Crippen molar-refractivity contribution < 1.29 is 22.7 Å². The highest BCUT2D eigenvalue weighted by molar-refractivity contribution is 7.92. The van der Waals surface area contributed by atoms with Crippen molar-refractivity contribution in [2.45, 2.75) is 46.7 Å². The van der Waals surface area contributed by atoms with Crippen molar-refractivity contribution >= 4 is 27.5 Å². The minimum absolute atomic E-state index is 0.126. The molecule has 0 radical (unpaired) electrons. The number of anilines is 1. The molecule has 1 N–H and O–H groups in total. The summed E-state index contributed by atoms with van der Waals surface area (Å²) in [6.45, 7) is 7.52. The van der Waals surface area contributed by atoms with Crippen LogP contribution < -0.4 is 14.4 Å². The molecule has 0 heterocycles. The molecule has 9 heteroatoms. The maximum atomic E-state index is 13.5. The Labute approximate surface area is 202 Å². The normalized spacial score (nSPS) is 12.1. The van der Waals surface area contributed by atoms with Gasteiger partial charge in [-0.15, -0.1) is 0 Å². The van der Waals surface area contributed by atoms with Gasteiger partial charge >= 0.3 is 0 Å². The standard InChI is InChI=1S/C25H35N3O5S/c1-7-11-26-25(30)20(4)27(16-21-9-8-10-23(15-21)33-5)24(29)17-28(34(6,31)32)22-13-18(2)12-19(3)14-22/h8-10,12-15,20H,7,11,16-17H2,1-6H3,(H,26,30)/t20-/m0/s1. The quantitative estimate of drug-likeness (QED) is 0.523. The molecule has 2 amide bonds. The zero-order valence-corrected chi connectivity index (χ0v) is 21.6. The first-order valence-electron chi connectivity index (χ1n) is 11.2. The molecule has 0 saturated carbocycles. The molecule has 0 bridgehead atoms. The Balaban J connectivity index is 2.41. The van der Waals surface area contributed by atoms with Gasteiger partial charge in [-0.3, -0.25) is 13.9 Å². The van der Waals surface area contributed by atoms with Crippen molar-refractivity contribution in [1.29, 1.82) is 0 Å². The van der Waals surface area contributed by atoms with Gasteiger partial charge in [0.1, 0.15) is 18.3 Å². The van der Waals surface area contributed by atoms with Crippen molar-refractivity contribution in [3.05, 3.63) is 59.2 Å². The summed E-state index contributed by atoms with van der Waals surface area (Å²) in [4.78, 5) is 27.7. The van der Waals surface area contributed by atoms with E-state index in [1.54, 1.807) is 44.4 Å². The van der Waals surface area contributed by atoms with E-state index >= 15 is 0 Å². The lowest BCUT2D eigenvalue weighted by molar-refractivity contribution is -0.139. The summed E-state index contributed by atoms with van der Waals surface area (Å²) in [5.41, 5.74) is 2.95. The second kappa shape index (κ2) is 11.9. The zero-order chi connectivity index (χ0) is 25.5. The maximum Gasteiger partial charge on any atom is 0.244 e. The van der Waals surface area contributed by atoms with Gasteiger partial charge in [0, 0.05) is 13.1 Å². The van der Waals surface area contributed by atoms with Crippen LogP contribution in [-0.4, -0.2) is 57.6 Å². The van der Waals surface area contributed by atoms with Crippen LogP contribution in [0, 0.1) is 13.8 Å². The molecular weight excluding hydrogens is 454 g/mol. The molecule has 0 fully saturated rings. The first kappa shape index (κ1) is 27.2. The molecule has 0 saturated heterocycles. The molecule has 34 heavy (non-hydrogen) atoms. The van der Waals surface area contributed by atoms with E-state index in [2.05, 4.69) is 5.32 Å². The Hall–Kier alpha value is -3.07. The third-order valence-electron chi connectivity index (χ3n) is 5.38. The molecule has 1 atom stereocenters. The number of hydrogen-bond acceptors (Lipinski definition) is 5. The van der Waals surface area contributed by atoms with Gasteiger partial charge in [0.15, 0.2) is 0 Å². The summed E-state index contributed by atoms with van der Waals surface area (Å²) in [7, 11) is -2.21. The number of benzene rings is 2.